The van der Waals surface area contributed by atoms with Gasteiger partial charge in [-0.15, -0.1) is 0 Å². The number of benzene rings is 2. The van der Waals surface area contributed by atoms with Crippen LogP contribution in [-0.4, -0.2) is 38.3 Å². The van der Waals surface area contributed by atoms with Crippen LogP contribution in [0, 0.1) is 0 Å². The van der Waals surface area contributed by atoms with Crippen LogP contribution in [0.1, 0.15) is 31.1 Å². The molecule has 0 spiro atoms. The normalized spacial score (nSPS) is 11.6. The van der Waals surface area contributed by atoms with E-state index in [0.717, 1.165) is 0 Å². The average molecular weight is 376 g/mol. The van der Waals surface area contributed by atoms with Gasteiger partial charge in [-0.3, -0.25) is 4.79 Å². The summed E-state index contributed by atoms with van der Waals surface area (Å²) in [4.78, 5) is 12.7. The number of hydrogen-bond acceptors (Lipinski definition) is 4. The second-order valence-electron chi connectivity index (χ2n) is 6.02. The summed E-state index contributed by atoms with van der Waals surface area (Å²) >= 11 is 0. The molecule has 0 saturated carbocycles. The van der Waals surface area contributed by atoms with Gasteiger partial charge in [0.1, 0.15) is 5.75 Å². The number of carbonyl (C=O) groups is 1. The zero-order valence-corrected chi connectivity index (χ0v) is 16.2. The summed E-state index contributed by atoms with van der Waals surface area (Å²) in [5.74, 6) is 0.189. The predicted octanol–water partition coefficient (Wildman–Crippen LogP) is 3.37. The van der Waals surface area contributed by atoms with Gasteiger partial charge in [-0.25, -0.2) is 8.42 Å². The molecule has 0 aromatic heterocycles. The van der Waals surface area contributed by atoms with Gasteiger partial charge in [-0.05, 0) is 57.2 Å². The topological polar surface area (TPSA) is 75.7 Å². The number of sulfonamides is 1. The number of nitrogens with one attached hydrogen (secondary N) is 1. The minimum absolute atomic E-state index is 0.144. The lowest BCUT2D eigenvalue weighted by atomic mass is 10.2. The molecule has 0 unspecified atom stereocenters. The lowest BCUT2D eigenvalue weighted by Crippen LogP contribution is -2.33. The molecule has 0 saturated heterocycles. The lowest BCUT2D eigenvalue weighted by molar-refractivity contribution is 0.102. The maximum absolute atomic E-state index is 12.5. The van der Waals surface area contributed by atoms with Crippen molar-refractivity contribution in [3.05, 3.63) is 54.1 Å². The Kier molecular flexibility index (Phi) is 6.39. The summed E-state index contributed by atoms with van der Waals surface area (Å²) in [6.45, 7) is 5.92. The van der Waals surface area contributed by atoms with E-state index in [0.29, 0.717) is 23.6 Å². The zero-order chi connectivity index (χ0) is 19.3. The zero-order valence-electron chi connectivity index (χ0n) is 15.4. The monoisotopic (exact) mass is 376 g/mol. The molecule has 7 heteroatoms. The summed E-state index contributed by atoms with van der Waals surface area (Å²) in [7, 11) is -2.01. The van der Waals surface area contributed by atoms with Crippen molar-refractivity contribution in [1.82, 2.24) is 4.31 Å². The van der Waals surface area contributed by atoms with Crippen LogP contribution in [0.25, 0.3) is 0 Å². The molecule has 2 rings (SSSR count). The SMILES string of the molecule is CCOc1ccccc1C(=O)Nc1ccc(S(=O)(=O)N(C)C(C)C)cc1. The molecule has 2 aromatic rings. The first kappa shape index (κ1) is 19.9. The van der Waals surface area contributed by atoms with Gasteiger partial charge in [0.05, 0.1) is 17.1 Å². The number of nitrogens with zero attached hydrogens (tertiary/aromatic N) is 1. The number of carbonyl (C=O) groups excluding carboxylic acids is 1. The number of para-hydroxylation sites is 1. The molecule has 0 bridgehead atoms. The molecule has 0 radical (unpaired) electrons. The number of rotatable bonds is 7. The first-order valence-corrected chi connectivity index (χ1v) is 9.82. The molecule has 0 aliphatic rings. The van der Waals surface area contributed by atoms with Gasteiger partial charge >= 0.3 is 0 Å². The van der Waals surface area contributed by atoms with E-state index >= 15 is 0 Å². The fourth-order valence-electron chi connectivity index (χ4n) is 2.29. The van der Waals surface area contributed by atoms with Crippen molar-refractivity contribution in [3.63, 3.8) is 0 Å². The Balaban J connectivity index is 2.19. The number of anilines is 1. The van der Waals surface area contributed by atoms with E-state index in [2.05, 4.69) is 5.32 Å². The van der Waals surface area contributed by atoms with Crippen LogP contribution in [0.3, 0.4) is 0 Å². The van der Waals surface area contributed by atoms with Crippen molar-refractivity contribution in [2.24, 2.45) is 0 Å². The van der Waals surface area contributed by atoms with Crippen LogP contribution >= 0.6 is 0 Å². The van der Waals surface area contributed by atoms with E-state index in [-0.39, 0.29) is 16.8 Å². The third-order valence-electron chi connectivity index (χ3n) is 3.95. The summed E-state index contributed by atoms with van der Waals surface area (Å²) in [6.07, 6.45) is 0. The van der Waals surface area contributed by atoms with Crippen molar-refractivity contribution < 1.29 is 17.9 Å². The second-order valence-corrected chi connectivity index (χ2v) is 8.02. The Morgan fingerprint density at radius 1 is 1.12 bits per heavy atom. The molecule has 0 atom stereocenters. The molecule has 1 N–H and O–H groups in total. The molecule has 2 aromatic carbocycles. The molecule has 6 nitrogen and oxygen atoms in total. The minimum Gasteiger partial charge on any atom is -0.493 e. The third kappa shape index (κ3) is 4.42. The summed E-state index contributed by atoms with van der Waals surface area (Å²) < 4.78 is 31.7. The van der Waals surface area contributed by atoms with Gasteiger partial charge in [0.2, 0.25) is 10.0 Å². The highest BCUT2D eigenvalue weighted by Gasteiger charge is 2.23. The van der Waals surface area contributed by atoms with Gasteiger partial charge in [0.15, 0.2) is 0 Å². The Hall–Kier alpha value is -2.38. The van der Waals surface area contributed by atoms with E-state index in [1.807, 2.05) is 20.8 Å². The maximum atomic E-state index is 12.5. The van der Waals surface area contributed by atoms with Crippen LogP contribution in [0.2, 0.25) is 0 Å². The average Bonchev–Trinajstić information content (AvgIpc) is 2.62. The smallest absolute Gasteiger partial charge is 0.259 e. The Morgan fingerprint density at radius 2 is 1.73 bits per heavy atom. The number of ether oxygens (including phenoxy) is 1. The van der Waals surface area contributed by atoms with Crippen LogP contribution in [0.15, 0.2) is 53.4 Å². The third-order valence-corrected chi connectivity index (χ3v) is 6.00. The summed E-state index contributed by atoms with van der Waals surface area (Å²) in [6, 6.07) is 12.9. The Bertz CT molecular complexity index is 861. The first-order valence-electron chi connectivity index (χ1n) is 8.38. The Morgan fingerprint density at radius 3 is 2.31 bits per heavy atom. The van der Waals surface area contributed by atoms with Crippen molar-refractivity contribution in [3.8, 4) is 5.75 Å². The predicted molar refractivity (Wildman–Crippen MR) is 102 cm³/mol. The Labute approximate surface area is 154 Å². The van der Waals surface area contributed by atoms with Crippen LogP contribution in [-0.2, 0) is 10.0 Å². The minimum atomic E-state index is -3.55. The quantitative estimate of drug-likeness (QED) is 0.804. The van der Waals surface area contributed by atoms with Crippen molar-refractivity contribution >= 4 is 21.6 Å². The first-order chi connectivity index (χ1) is 12.3. The molecule has 0 aliphatic carbocycles. The largest absolute Gasteiger partial charge is 0.493 e. The highest BCUT2D eigenvalue weighted by Crippen LogP contribution is 2.22. The van der Waals surface area contributed by atoms with Crippen molar-refractivity contribution in [2.45, 2.75) is 31.7 Å². The van der Waals surface area contributed by atoms with Crippen LogP contribution in [0.4, 0.5) is 5.69 Å². The summed E-state index contributed by atoms with van der Waals surface area (Å²) in [5.41, 5.74) is 0.929. The molecule has 26 heavy (non-hydrogen) atoms. The fraction of sp³-hybridized carbons (Fsp3) is 0.316. The van der Waals surface area contributed by atoms with Crippen molar-refractivity contribution in [1.29, 1.82) is 0 Å². The molecule has 1 amide bonds. The van der Waals surface area contributed by atoms with E-state index in [1.165, 1.54) is 16.4 Å². The van der Waals surface area contributed by atoms with Crippen molar-refractivity contribution in [2.75, 3.05) is 19.0 Å². The van der Waals surface area contributed by atoms with E-state index in [4.69, 9.17) is 4.74 Å². The lowest BCUT2D eigenvalue weighted by Gasteiger charge is -2.21. The molecular weight excluding hydrogens is 352 g/mol. The summed E-state index contributed by atoms with van der Waals surface area (Å²) in [5, 5.41) is 2.76. The molecule has 140 valence electrons. The van der Waals surface area contributed by atoms with Gasteiger partial charge in [0.25, 0.3) is 5.91 Å². The molecule has 0 heterocycles. The molecule has 0 aliphatic heterocycles. The fourth-order valence-corrected chi connectivity index (χ4v) is 3.66. The van der Waals surface area contributed by atoms with Gasteiger partial charge < -0.3 is 10.1 Å². The van der Waals surface area contributed by atoms with E-state index in [9.17, 15) is 13.2 Å². The van der Waals surface area contributed by atoms with E-state index in [1.54, 1.807) is 43.4 Å². The van der Waals surface area contributed by atoms with Crippen LogP contribution in [0.5, 0.6) is 5.75 Å². The van der Waals surface area contributed by atoms with Gasteiger partial charge in [-0.1, -0.05) is 12.1 Å². The van der Waals surface area contributed by atoms with Gasteiger partial charge in [0, 0.05) is 18.8 Å². The number of amides is 1. The van der Waals surface area contributed by atoms with E-state index < -0.39 is 10.0 Å². The van der Waals surface area contributed by atoms with Crippen LogP contribution < -0.4 is 10.1 Å². The second kappa shape index (κ2) is 8.33. The maximum Gasteiger partial charge on any atom is 0.259 e. The molecule has 0 fully saturated rings. The molecular formula is C19H24N2O4S. The van der Waals surface area contributed by atoms with Gasteiger partial charge in [-0.2, -0.15) is 4.31 Å². The standard InChI is InChI=1S/C19H24N2O4S/c1-5-25-18-9-7-6-8-17(18)19(22)20-15-10-12-16(13-11-15)26(23,24)21(4)14(2)3/h6-14H,5H2,1-4H3,(H,20,22). The highest BCUT2D eigenvalue weighted by molar-refractivity contribution is 7.89. The highest BCUT2D eigenvalue weighted by atomic mass is 32.2. The number of hydrogen-bond donors (Lipinski definition) is 1.